The minimum atomic E-state index is -0.514. The van der Waals surface area contributed by atoms with E-state index < -0.39 is 5.78 Å². The molecule has 0 saturated heterocycles. The molecule has 23 heavy (non-hydrogen) atoms. The van der Waals surface area contributed by atoms with Crippen LogP contribution in [-0.4, -0.2) is 35.9 Å². The Hall–Kier alpha value is -3.29. The van der Waals surface area contributed by atoms with Crippen LogP contribution in [0.2, 0.25) is 0 Å². The average molecular weight is 313 g/mol. The zero-order chi connectivity index (χ0) is 16.2. The fourth-order valence-corrected chi connectivity index (χ4v) is 2.00. The van der Waals surface area contributed by atoms with E-state index in [-0.39, 0.29) is 23.1 Å². The van der Waals surface area contributed by atoms with Crippen LogP contribution in [0.1, 0.15) is 21.9 Å². The first-order valence-corrected chi connectivity index (χ1v) is 6.70. The number of aliphatic hydroxyl groups is 1. The fraction of sp³-hybridized carbons (Fsp3) is 0.0667. The second-order valence-corrected chi connectivity index (χ2v) is 4.76. The first-order chi connectivity index (χ1) is 11.1. The van der Waals surface area contributed by atoms with E-state index in [1.807, 2.05) is 0 Å². The maximum Gasteiger partial charge on any atom is 0.226 e. The second kappa shape index (κ2) is 6.22. The number of aromatic amines is 1. The van der Waals surface area contributed by atoms with Gasteiger partial charge in [-0.05, 0) is 23.8 Å². The van der Waals surface area contributed by atoms with Gasteiger partial charge in [-0.2, -0.15) is 10.2 Å². The summed E-state index contributed by atoms with van der Waals surface area (Å²) >= 11 is 0. The lowest BCUT2D eigenvalue weighted by Crippen LogP contribution is -2.02. The quantitative estimate of drug-likeness (QED) is 0.426. The van der Waals surface area contributed by atoms with E-state index in [1.165, 1.54) is 23.1 Å². The number of H-pyrrole nitrogens is 1. The first-order valence-electron chi connectivity index (χ1n) is 6.70. The molecule has 3 rings (SSSR count). The van der Waals surface area contributed by atoms with Crippen molar-refractivity contribution < 1.29 is 14.3 Å². The maximum absolute atomic E-state index is 13.2. The number of hydrogen-bond donors (Lipinski definition) is 2. The highest BCUT2D eigenvalue weighted by atomic mass is 19.1. The van der Waals surface area contributed by atoms with E-state index in [1.54, 1.807) is 24.4 Å². The number of carbonyl (C=O) groups is 1. The van der Waals surface area contributed by atoms with Crippen molar-refractivity contribution in [3.8, 4) is 0 Å². The molecule has 0 bridgehead atoms. The standard InChI is InChI=1S/C15H12FN5O2/c16-11-3-1-2-10(6-11)8-21-5-4-12(20-21)13(22)7-14(23)15-17-9-18-19-15/h1-7,9,22H,8H2,(H,17,18,19). The zero-order valence-electron chi connectivity index (χ0n) is 11.8. The number of nitrogens with zero attached hydrogens (tertiary/aromatic N) is 4. The lowest BCUT2D eigenvalue weighted by atomic mass is 10.2. The van der Waals surface area contributed by atoms with Gasteiger partial charge in [0.25, 0.3) is 0 Å². The second-order valence-electron chi connectivity index (χ2n) is 4.76. The number of carbonyl (C=O) groups excluding carboxylic acids is 1. The maximum atomic E-state index is 13.2. The first kappa shape index (κ1) is 14.6. The Labute approximate surface area is 130 Å². The van der Waals surface area contributed by atoms with Crippen LogP contribution in [0.15, 0.2) is 48.9 Å². The molecular formula is C15H12FN5O2. The summed E-state index contributed by atoms with van der Waals surface area (Å²) in [6.07, 6.45) is 3.84. The van der Waals surface area contributed by atoms with Crippen LogP contribution < -0.4 is 0 Å². The number of rotatable bonds is 5. The predicted molar refractivity (Wildman–Crippen MR) is 79.0 cm³/mol. The normalized spacial score (nSPS) is 11.6. The lowest BCUT2D eigenvalue weighted by molar-refractivity contribution is 0.103. The molecule has 0 atom stereocenters. The monoisotopic (exact) mass is 313 g/mol. The molecule has 0 unspecified atom stereocenters. The van der Waals surface area contributed by atoms with Crippen molar-refractivity contribution in [1.29, 1.82) is 0 Å². The van der Waals surface area contributed by atoms with Crippen molar-refractivity contribution in [3.63, 3.8) is 0 Å². The van der Waals surface area contributed by atoms with Gasteiger partial charge in [-0.1, -0.05) is 12.1 Å². The van der Waals surface area contributed by atoms with Gasteiger partial charge >= 0.3 is 0 Å². The van der Waals surface area contributed by atoms with Gasteiger partial charge in [0.1, 0.15) is 23.6 Å². The molecule has 0 radical (unpaired) electrons. The number of allylic oxidation sites excluding steroid dienone is 1. The van der Waals surface area contributed by atoms with Crippen molar-refractivity contribution in [2.45, 2.75) is 6.54 Å². The van der Waals surface area contributed by atoms with Gasteiger partial charge in [-0.3, -0.25) is 14.6 Å². The summed E-state index contributed by atoms with van der Waals surface area (Å²) in [4.78, 5) is 15.5. The van der Waals surface area contributed by atoms with Crippen molar-refractivity contribution in [3.05, 3.63) is 71.8 Å². The molecule has 0 aliphatic heterocycles. The van der Waals surface area contributed by atoms with E-state index in [4.69, 9.17) is 0 Å². The number of ketones is 1. The topological polar surface area (TPSA) is 96.7 Å². The molecule has 2 aromatic heterocycles. The molecule has 3 aromatic rings. The molecule has 0 aliphatic carbocycles. The smallest absolute Gasteiger partial charge is 0.226 e. The van der Waals surface area contributed by atoms with Gasteiger partial charge in [0.2, 0.25) is 5.78 Å². The van der Waals surface area contributed by atoms with Crippen LogP contribution in [0.3, 0.4) is 0 Å². The zero-order valence-corrected chi connectivity index (χ0v) is 11.8. The van der Waals surface area contributed by atoms with Crippen LogP contribution in [0.4, 0.5) is 4.39 Å². The van der Waals surface area contributed by atoms with E-state index >= 15 is 0 Å². The van der Waals surface area contributed by atoms with Gasteiger partial charge in [0.05, 0.1) is 6.54 Å². The molecule has 7 nitrogen and oxygen atoms in total. The molecule has 2 heterocycles. The van der Waals surface area contributed by atoms with E-state index in [2.05, 4.69) is 20.3 Å². The summed E-state index contributed by atoms with van der Waals surface area (Å²) in [6, 6.07) is 7.71. The van der Waals surface area contributed by atoms with E-state index in [9.17, 15) is 14.3 Å². The van der Waals surface area contributed by atoms with Crippen LogP contribution >= 0.6 is 0 Å². The van der Waals surface area contributed by atoms with Crippen LogP contribution in [-0.2, 0) is 6.54 Å². The molecule has 116 valence electrons. The van der Waals surface area contributed by atoms with Crippen LogP contribution in [0, 0.1) is 5.82 Å². The van der Waals surface area contributed by atoms with Crippen LogP contribution in [0.25, 0.3) is 5.76 Å². The molecule has 1 aromatic carbocycles. The summed E-state index contributed by atoms with van der Waals surface area (Å²) in [7, 11) is 0. The van der Waals surface area contributed by atoms with Gasteiger partial charge in [0.15, 0.2) is 5.82 Å². The summed E-state index contributed by atoms with van der Waals surface area (Å²) < 4.78 is 14.7. The van der Waals surface area contributed by atoms with Crippen molar-refractivity contribution in [2.24, 2.45) is 0 Å². The average Bonchev–Trinajstić information content (AvgIpc) is 3.18. The Kier molecular flexibility index (Phi) is 3.96. The SMILES string of the molecule is O=C(C=C(O)c1ccn(Cc2cccc(F)c2)n1)c1ncn[nH]1. The van der Waals surface area contributed by atoms with Gasteiger partial charge in [0, 0.05) is 12.3 Å². The molecule has 2 N–H and O–H groups in total. The summed E-state index contributed by atoms with van der Waals surface area (Å²) in [5, 5.41) is 20.1. The fourth-order valence-electron chi connectivity index (χ4n) is 2.00. The largest absolute Gasteiger partial charge is 0.505 e. The molecule has 0 amide bonds. The third kappa shape index (κ3) is 3.49. The Morgan fingerprint density at radius 2 is 2.26 bits per heavy atom. The van der Waals surface area contributed by atoms with Gasteiger partial charge in [-0.15, -0.1) is 0 Å². The Morgan fingerprint density at radius 3 is 3.00 bits per heavy atom. The molecule has 8 heteroatoms. The minimum absolute atomic E-state index is 0.0238. The van der Waals surface area contributed by atoms with Gasteiger partial charge in [-0.25, -0.2) is 9.37 Å². The third-order valence-corrected chi connectivity index (χ3v) is 3.05. The van der Waals surface area contributed by atoms with Crippen molar-refractivity contribution in [2.75, 3.05) is 0 Å². The Bertz CT molecular complexity index is 854. The number of halogens is 1. The molecular weight excluding hydrogens is 301 g/mol. The minimum Gasteiger partial charge on any atom is -0.505 e. The molecule has 0 saturated carbocycles. The van der Waals surface area contributed by atoms with E-state index in [0.29, 0.717) is 6.54 Å². The number of aliphatic hydroxyl groups excluding tert-OH is 1. The molecule has 0 spiro atoms. The van der Waals surface area contributed by atoms with Crippen molar-refractivity contribution in [1.82, 2.24) is 25.0 Å². The Balaban J connectivity index is 1.75. The van der Waals surface area contributed by atoms with Crippen LogP contribution in [0.5, 0.6) is 0 Å². The highest BCUT2D eigenvalue weighted by molar-refractivity contribution is 6.05. The summed E-state index contributed by atoms with van der Waals surface area (Å²) in [6.45, 7) is 0.348. The number of nitrogens with one attached hydrogen (secondary N) is 1. The predicted octanol–water partition coefficient (Wildman–Crippen LogP) is 1.97. The number of hydrogen-bond acceptors (Lipinski definition) is 5. The summed E-state index contributed by atoms with van der Waals surface area (Å²) in [5.74, 6) is -1.10. The number of aromatic nitrogens is 5. The third-order valence-electron chi connectivity index (χ3n) is 3.05. The highest BCUT2D eigenvalue weighted by Gasteiger charge is 2.10. The lowest BCUT2D eigenvalue weighted by Gasteiger charge is -2.02. The molecule has 0 aliphatic rings. The Morgan fingerprint density at radius 1 is 1.39 bits per heavy atom. The summed E-state index contributed by atoms with van der Waals surface area (Å²) in [5.41, 5.74) is 0.968. The van der Waals surface area contributed by atoms with Crippen molar-refractivity contribution >= 4 is 11.5 Å². The molecule has 0 fully saturated rings. The van der Waals surface area contributed by atoms with Gasteiger partial charge < -0.3 is 5.11 Å². The highest BCUT2D eigenvalue weighted by Crippen LogP contribution is 2.11. The number of benzene rings is 1. The van der Waals surface area contributed by atoms with E-state index in [0.717, 1.165) is 11.6 Å².